The van der Waals surface area contributed by atoms with E-state index in [-0.39, 0.29) is 18.1 Å². The van der Waals surface area contributed by atoms with Gasteiger partial charge in [-0.05, 0) is 49.1 Å². The van der Waals surface area contributed by atoms with Crippen LogP contribution in [-0.4, -0.2) is 31.0 Å². The minimum atomic E-state index is -0.469. The smallest absolute Gasteiger partial charge is 0.271 e. The zero-order chi connectivity index (χ0) is 18.7. The average molecular weight is 355 g/mol. The van der Waals surface area contributed by atoms with Crippen molar-refractivity contribution in [2.24, 2.45) is 0 Å². The lowest BCUT2D eigenvalue weighted by Crippen LogP contribution is -2.36. The van der Waals surface area contributed by atoms with E-state index in [4.69, 9.17) is 4.74 Å². The van der Waals surface area contributed by atoms with Crippen LogP contribution in [0.1, 0.15) is 17.5 Å². The van der Waals surface area contributed by atoms with E-state index in [1.54, 1.807) is 13.2 Å². The standard InChI is InChI=1S/C19H21N3O4/c1-13-5-6-15(22(24)25)11-17(13)20-19(23)12-21-9-3-4-14-10-16(26-2)7-8-18(14)21/h5-8,10-11H,3-4,9,12H2,1-2H3,(H,20,23). The molecule has 1 N–H and O–H groups in total. The van der Waals surface area contributed by atoms with Crippen molar-refractivity contribution in [1.29, 1.82) is 0 Å². The lowest BCUT2D eigenvalue weighted by Gasteiger charge is -2.31. The Morgan fingerprint density at radius 1 is 1.31 bits per heavy atom. The van der Waals surface area contributed by atoms with Gasteiger partial charge in [0.2, 0.25) is 5.91 Å². The Morgan fingerprint density at radius 2 is 2.12 bits per heavy atom. The van der Waals surface area contributed by atoms with Gasteiger partial charge in [-0.15, -0.1) is 0 Å². The van der Waals surface area contributed by atoms with E-state index in [9.17, 15) is 14.9 Å². The summed E-state index contributed by atoms with van der Waals surface area (Å²) >= 11 is 0. The Kier molecular flexibility index (Phi) is 5.06. The van der Waals surface area contributed by atoms with Gasteiger partial charge in [-0.3, -0.25) is 14.9 Å². The number of nitrogens with zero attached hydrogens (tertiary/aromatic N) is 2. The molecular weight excluding hydrogens is 334 g/mol. The number of nitro groups is 1. The normalized spacial score (nSPS) is 13.1. The van der Waals surface area contributed by atoms with Crippen LogP contribution in [0.2, 0.25) is 0 Å². The van der Waals surface area contributed by atoms with E-state index in [2.05, 4.69) is 5.32 Å². The molecule has 0 aliphatic carbocycles. The summed E-state index contributed by atoms with van der Waals surface area (Å²) in [6, 6.07) is 10.3. The second-order valence-electron chi connectivity index (χ2n) is 6.32. The average Bonchev–Trinajstić information content (AvgIpc) is 2.63. The highest BCUT2D eigenvalue weighted by Crippen LogP contribution is 2.30. The molecule has 3 rings (SSSR count). The molecule has 0 atom stereocenters. The van der Waals surface area contributed by atoms with Crippen molar-refractivity contribution in [3.63, 3.8) is 0 Å². The number of hydrogen-bond donors (Lipinski definition) is 1. The van der Waals surface area contributed by atoms with Gasteiger partial charge in [0.1, 0.15) is 5.75 Å². The van der Waals surface area contributed by atoms with E-state index in [1.807, 2.05) is 30.0 Å². The van der Waals surface area contributed by atoms with Crippen LogP contribution in [-0.2, 0) is 11.2 Å². The second-order valence-corrected chi connectivity index (χ2v) is 6.32. The minimum absolute atomic E-state index is 0.0405. The summed E-state index contributed by atoms with van der Waals surface area (Å²) < 4.78 is 5.27. The maximum Gasteiger partial charge on any atom is 0.271 e. The lowest BCUT2D eigenvalue weighted by molar-refractivity contribution is -0.384. The molecule has 0 saturated heterocycles. The highest BCUT2D eigenvalue weighted by molar-refractivity contribution is 5.95. The molecular formula is C19H21N3O4. The molecule has 0 fully saturated rings. The number of carbonyl (C=O) groups excluding carboxylic acids is 1. The molecule has 1 amide bonds. The Labute approximate surface area is 151 Å². The number of nitro benzene ring substituents is 1. The van der Waals surface area contributed by atoms with Gasteiger partial charge in [0.15, 0.2) is 0 Å². The van der Waals surface area contributed by atoms with Gasteiger partial charge in [-0.25, -0.2) is 0 Å². The summed E-state index contributed by atoms with van der Waals surface area (Å²) in [6.07, 6.45) is 1.91. The Balaban J connectivity index is 1.74. The van der Waals surface area contributed by atoms with E-state index in [0.29, 0.717) is 5.69 Å². The lowest BCUT2D eigenvalue weighted by atomic mass is 10.0. The van der Waals surface area contributed by atoms with Gasteiger partial charge < -0.3 is 15.0 Å². The van der Waals surface area contributed by atoms with Gasteiger partial charge >= 0.3 is 0 Å². The maximum absolute atomic E-state index is 12.5. The number of hydrogen-bond acceptors (Lipinski definition) is 5. The minimum Gasteiger partial charge on any atom is -0.497 e. The number of fused-ring (bicyclic) bond motifs is 1. The first-order chi connectivity index (χ1) is 12.5. The number of anilines is 2. The molecule has 1 heterocycles. The van der Waals surface area contributed by atoms with E-state index in [0.717, 1.165) is 42.0 Å². The van der Waals surface area contributed by atoms with Crippen LogP contribution in [0.3, 0.4) is 0 Å². The topological polar surface area (TPSA) is 84.7 Å². The number of aryl methyl sites for hydroxylation is 2. The molecule has 2 aromatic rings. The SMILES string of the molecule is COc1ccc2c(c1)CCCN2CC(=O)Nc1cc([N+](=O)[O-])ccc1C. The summed E-state index contributed by atoms with van der Waals surface area (Å²) in [5.41, 5.74) is 3.41. The first kappa shape index (κ1) is 17.7. The Hall–Kier alpha value is -3.09. The summed E-state index contributed by atoms with van der Waals surface area (Å²) in [7, 11) is 1.64. The van der Waals surface area contributed by atoms with Crippen molar-refractivity contribution in [1.82, 2.24) is 0 Å². The molecule has 1 aliphatic heterocycles. The number of nitrogens with one attached hydrogen (secondary N) is 1. The van der Waals surface area contributed by atoms with Crippen molar-refractivity contribution in [3.8, 4) is 5.75 Å². The second kappa shape index (κ2) is 7.43. The third-order valence-electron chi connectivity index (χ3n) is 4.54. The van der Waals surface area contributed by atoms with Crippen molar-refractivity contribution >= 4 is 23.0 Å². The fourth-order valence-corrected chi connectivity index (χ4v) is 3.16. The summed E-state index contributed by atoms with van der Waals surface area (Å²) in [6.45, 7) is 2.80. The molecule has 0 bridgehead atoms. The first-order valence-electron chi connectivity index (χ1n) is 8.44. The third-order valence-corrected chi connectivity index (χ3v) is 4.54. The van der Waals surface area contributed by atoms with Crippen LogP contribution in [0.25, 0.3) is 0 Å². The largest absolute Gasteiger partial charge is 0.497 e. The summed E-state index contributed by atoms with van der Waals surface area (Å²) in [5, 5.41) is 13.7. The number of benzene rings is 2. The highest BCUT2D eigenvalue weighted by atomic mass is 16.6. The summed E-state index contributed by atoms with van der Waals surface area (Å²) in [4.78, 5) is 25.0. The van der Waals surface area contributed by atoms with Crippen molar-refractivity contribution in [2.75, 3.05) is 30.4 Å². The Morgan fingerprint density at radius 3 is 2.85 bits per heavy atom. The molecule has 1 aliphatic rings. The fraction of sp³-hybridized carbons (Fsp3) is 0.316. The Bertz CT molecular complexity index is 851. The molecule has 136 valence electrons. The number of ether oxygens (including phenoxy) is 1. The van der Waals surface area contributed by atoms with E-state index < -0.39 is 4.92 Å². The fourth-order valence-electron chi connectivity index (χ4n) is 3.16. The monoisotopic (exact) mass is 355 g/mol. The van der Waals surface area contributed by atoms with E-state index >= 15 is 0 Å². The molecule has 2 aromatic carbocycles. The van der Waals surface area contributed by atoms with Gasteiger partial charge in [0.05, 0.1) is 24.3 Å². The number of non-ortho nitro benzene ring substituents is 1. The predicted molar refractivity (Wildman–Crippen MR) is 100.0 cm³/mol. The van der Waals surface area contributed by atoms with Crippen molar-refractivity contribution < 1.29 is 14.5 Å². The van der Waals surface area contributed by atoms with Crippen molar-refractivity contribution in [3.05, 3.63) is 57.6 Å². The van der Waals surface area contributed by atoms with Crippen LogP contribution in [0.5, 0.6) is 5.75 Å². The van der Waals surface area contributed by atoms with Gasteiger partial charge in [-0.2, -0.15) is 0 Å². The van der Waals surface area contributed by atoms with Crippen LogP contribution in [0.4, 0.5) is 17.1 Å². The van der Waals surface area contributed by atoms with E-state index in [1.165, 1.54) is 12.1 Å². The predicted octanol–water partition coefficient (Wildman–Crippen LogP) is 3.30. The maximum atomic E-state index is 12.5. The molecule has 0 spiro atoms. The molecule has 7 heteroatoms. The number of methoxy groups -OCH3 is 1. The first-order valence-corrected chi connectivity index (χ1v) is 8.44. The summed E-state index contributed by atoms with van der Waals surface area (Å²) in [5.74, 6) is 0.611. The zero-order valence-electron chi connectivity index (χ0n) is 14.8. The quantitative estimate of drug-likeness (QED) is 0.657. The molecule has 7 nitrogen and oxygen atoms in total. The van der Waals surface area contributed by atoms with Gasteiger partial charge in [0, 0.05) is 24.4 Å². The molecule has 0 saturated carbocycles. The van der Waals surface area contributed by atoms with Crippen LogP contribution in [0, 0.1) is 17.0 Å². The molecule has 26 heavy (non-hydrogen) atoms. The van der Waals surface area contributed by atoms with Crippen LogP contribution < -0.4 is 15.0 Å². The van der Waals surface area contributed by atoms with Crippen LogP contribution in [0.15, 0.2) is 36.4 Å². The van der Waals surface area contributed by atoms with Crippen LogP contribution >= 0.6 is 0 Å². The highest BCUT2D eigenvalue weighted by Gasteiger charge is 2.20. The molecule has 0 radical (unpaired) electrons. The zero-order valence-corrected chi connectivity index (χ0v) is 14.8. The van der Waals surface area contributed by atoms with Crippen molar-refractivity contribution in [2.45, 2.75) is 19.8 Å². The van der Waals surface area contributed by atoms with Gasteiger partial charge in [-0.1, -0.05) is 6.07 Å². The number of carbonyl (C=O) groups is 1. The third kappa shape index (κ3) is 3.77. The number of rotatable bonds is 5. The molecule has 0 unspecified atom stereocenters. The number of amides is 1. The molecule has 0 aromatic heterocycles. The van der Waals surface area contributed by atoms with Gasteiger partial charge in [0.25, 0.3) is 5.69 Å².